The van der Waals surface area contributed by atoms with Crippen molar-refractivity contribution in [2.24, 2.45) is 5.92 Å². The quantitative estimate of drug-likeness (QED) is 0.722. The van der Waals surface area contributed by atoms with E-state index in [2.05, 4.69) is 11.9 Å². The molecular formula is C12H17NO. The molecule has 1 aromatic carbocycles. The van der Waals surface area contributed by atoms with Gasteiger partial charge < -0.3 is 9.64 Å². The summed E-state index contributed by atoms with van der Waals surface area (Å²) in [6.07, 6.45) is 1.18. The van der Waals surface area contributed by atoms with E-state index in [1.165, 1.54) is 19.5 Å². The van der Waals surface area contributed by atoms with Gasteiger partial charge in [0.15, 0.2) is 0 Å². The zero-order valence-electron chi connectivity index (χ0n) is 8.65. The van der Waals surface area contributed by atoms with E-state index in [-0.39, 0.29) is 0 Å². The molecule has 1 fully saturated rings. The molecule has 1 aliphatic rings. The van der Waals surface area contributed by atoms with Crippen molar-refractivity contribution < 1.29 is 4.74 Å². The van der Waals surface area contributed by atoms with Crippen molar-refractivity contribution in [2.45, 2.75) is 6.42 Å². The molecule has 0 radical (unpaired) electrons. The fraction of sp³-hybridized carbons (Fsp3) is 0.500. The fourth-order valence-electron chi connectivity index (χ4n) is 1.87. The van der Waals surface area contributed by atoms with Gasteiger partial charge in [0, 0.05) is 13.1 Å². The van der Waals surface area contributed by atoms with Crippen LogP contribution in [-0.4, -0.2) is 31.6 Å². The molecule has 0 spiro atoms. The second kappa shape index (κ2) is 4.47. The number of hydrogen-bond donors (Lipinski definition) is 0. The van der Waals surface area contributed by atoms with Crippen LogP contribution in [0.4, 0.5) is 0 Å². The second-order valence-electron chi connectivity index (χ2n) is 4.04. The maximum atomic E-state index is 5.63. The number of hydrogen-bond acceptors (Lipinski definition) is 2. The minimum atomic E-state index is 0.850. The van der Waals surface area contributed by atoms with Crippen molar-refractivity contribution >= 4 is 0 Å². The highest BCUT2D eigenvalue weighted by Crippen LogP contribution is 2.17. The number of rotatable bonds is 4. The Hall–Kier alpha value is -1.02. The Balaban J connectivity index is 1.64. The number of ether oxygens (including phenoxy) is 1. The van der Waals surface area contributed by atoms with Crippen LogP contribution in [-0.2, 0) is 0 Å². The van der Waals surface area contributed by atoms with Crippen LogP contribution in [0.3, 0.4) is 0 Å². The Morgan fingerprint density at radius 2 is 2.00 bits per heavy atom. The summed E-state index contributed by atoms with van der Waals surface area (Å²) in [6, 6.07) is 10.0. The van der Waals surface area contributed by atoms with Crippen LogP contribution in [0.25, 0.3) is 0 Å². The molecule has 14 heavy (non-hydrogen) atoms. The first kappa shape index (κ1) is 9.53. The van der Waals surface area contributed by atoms with E-state index < -0.39 is 0 Å². The fourth-order valence-corrected chi connectivity index (χ4v) is 1.87. The molecule has 76 valence electrons. The van der Waals surface area contributed by atoms with Gasteiger partial charge in [-0.05, 0) is 31.5 Å². The summed E-state index contributed by atoms with van der Waals surface area (Å²) in [5.74, 6) is 1.84. The highest BCUT2D eigenvalue weighted by molar-refractivity contribution is 5.20. The van der Waals surface area contributed by atoms with Crippen LogP contribution in [0.1, 0.15) is 6.42 Å². The van der Waals surface area contributed by atoms with Crippen LogP contribution in [0, 0.1) is 5.92 Å². The van der Waals surface area contributed by atoms with E-state index in [1.54, 1.807) is 0 Å². The molecule has 0 aromatic heterocycles. The van der Waals surface area contributed by atoms with Crippen LogP contribution in [0.2, 0.25) is 0 Å². The van der Waals surface area contributed by atoms with Crippen molar-refractivity contribution in [3.8, 4) is 5.75 Å². The van der Waals surface area contributed by atoms with Gasteiger partial charge in [0.25, 0.3) is 0 Å². The van der Waals surface area contributed by atoms with Gasteiger partial charge in [-0.25, -0.2) is 0 Å². The van der Waals surface area contributed by atoms with Gasteiger partial charge >= 0.3 is 0 Å². The standard InChI is InChI=1S/C12H17NO/c1-13-9-11(10-13)7-8-14-12-5-3-2-4-6-12/h2-6,11H,7-10H2,1H3. The van der Waals surface area contributed by atoms with E-state index in [0.29, 0.717) is 0 Å². The third-order valence-electron chi connectivity index (χ3n) is 2.68. The zero-order valence-corrected chi connectivity index (χ0v) is 8.65. The zero-order chi connectivity index (χ0) is 9.80. The molecule has 1 heterocycles. The van der Waals surface area contributed by atoms with Gasteiger partial charge in [0.2, 0.25) is 0 Å². The third-order valence-corrected chi connectivity index (χ3v) is 2.68. The largest absolute Gasteiger partial charge is 0.494 e. The lowest BCUT2D eigenvalue weighted by Gasteiger charge is -2.36. The highest BCUT2D eigenvalue weighted by Gasteiger charge is 2.22. The van der Waals surface area contributed by atoms with Gasteiger partial charge in [-0.15, -0.1) is 0 Å². The van der Waals surface area contributed by atoms with Crippen molar-refractivity contribution in [3.63, 3.8) is 0 Å². The predicted molar refractivity (Wildman–Crippen MR) is 57.5 cm³/mol. The van der Waals surface area contributed by atoms with E-state index in [4.69, 9.17) is 4.74 Å². The molecule has 0 bridgehead atoms. The summed E-state index contributed by atoms with van der Waals surface area (Å²) >= 11 is 0. The number of nitrogens with zero attached hydrogens (tertiary/aromatic N) is 1. The van der Waals surface area contributed by atoms with E-state index in [9.17, 15) is 0 Å². The predicted octanol–water partition coefficient (Wildman–Crippen LogP) is 2.02. The van der Waals surface area contributed by atoms with Crippen molar-refractivity contribution in [1.29, 1.82) is 0 Å². The monoisotopic (exact) mass is 191 g/mol. The summed E-state index contributed by atoms with van der Waals surface area (Å²) < 4.78 is 5.63. The molecule has 2 heteroatoms. The van der Waals surface area contributed by atoms with E-state index in [1.807, 2.05) is 30.3 Å². The normalized spacial score (nSPS) is 17.8. The van der Waals surface area contributed by atoms with Gasteiger partial charge in [0.1, 0.15) is 5.75 Å². The molecule has 0 amide bonds. The maximum Gasteiger partial charge on any atom is 0.119 e. The molecule has 0 aliphatic carbocycles. The summed E-state index contributed by atoms with van der Waals surface area (Å²) in [7, 11) is 2.16. The summed E-state index contributed by atoms with van der Waals surface area (Å²) in [4.78, 5) is 2.34. The van der Waals surface area contributed by atoms with Crippen LogP contribution >= 0.6 is 0 Å². The van der Waals surface area contributed by atoms with Gasteiger partial charge in [-0.2, -0.15) is 0 Å². The smallest absolute Gasteiger partial charge is 0.119 e. The van der Waals surface area contributed by atoms with Crippen LogP contribution < -0.4 is 4.74 Å². The summed E-state index contributed by atoms with van der Waals surface area (Å²) in [5, 5.41) is 0. The number of likely N-dealkylation sites (tertiary alicyclic amines) is 1. The second-order valence-corrected chi connectivity index (χ2v) is 4.04. The summed E-state index contributed by atoms with van der Waals surface area (Å²) in [5.41, 5.74) is 0. The van der Waals surface area contributed by atoms with Gasteiger partial charge in [-0.3, -0.25) is 0 Å². The molecule has 1 aromatic rings. The number of para-hydroxylation sites is 1. The molecule has 0 saturated carbocycles. The molecule has 0 unspecified atom stereocenters. The SMILES string of the molecule is CN1CC(CCOc2ccccc2)C1. The molecule has 0 atom stereocenters. The Kier molecular flexibility index (Phi) is 3.04. The van der Waals surface area contributed by atoms with Gasteiger partial charge in [-0.1, -0.05) is 18.2 Å². The first-order valence-electron chi connectivity index (χ1n) is 5.21. The lowest BCUT2D eigenvalue weighted by molar-refractivity contribution is 0.110. The maximum absolute atomic E-state index is 5.63. The Bertz CT molecular complexity index is 267. The third kappa shape index (κ3) is 2.48. The van der Waals surface area contributed by atoms with Crippen LogP contribution in [0.5, 0.6) is 5.75 Å². The first-order valence-corrected chi connectivity index (χ1v) is 5.21. The first-order chi connectivity index (χ1) is 6.84. The molecule has 2 rings (SSSR count). The van der Waals surface area contributed by atoms with Gasteiger partial charge in [0.05, 0.1) is 6.61 Å². The van der Waals surface area contributed by atoms with Crippen molar-refractivity contribution in [3.05, 3.63) is 30.3 Å². The average Bonchev–Trinajstić information content (AvgIpc) is 2.17. The van der Waals surface area contributed by atoms with E-state index in [0.717, 1.165) is 18.3 Å². The molecule has 0 N–H and O–H groups in total. The lowest BCUT2D eigenvalue weighted by Crippen LogP contribution is -2.44. The molecule has 1 aliphatic heterocycles. The summed E-state index contributed by atoms with van der Waals surface area (Å²) in [6.45, 7) is 3.32. The van der Waals surface area contributed by atoms with Crippen molar-refractivity contribution in [1.82, 2.24) is 4.90 Å². The van der Waals surface area contributed by atoms with Crippen LogP contribution in [0.15, 0.2) is 30.3 Å². The molecule has 1 saturated heterocycles. The number of benzene rings is 1. The Morgan fingerprint density at radius 3 is 2.64 bits per heavy atom. The molecule has 2 nitrogen and oxygen atoms in total. The minimum absolute atomic E-state index is 0.850. The van der Waals surface area contributed by atoms with Crippen molar-refractivity contribution in [2.75, 3.05) is 26.7 Å². The van der Waals surface area contributed by atoms with E-state index >= 15 is 0 Å². The lowest BCUT2D eigenvalue weighted by atomic mass is 9.98. The minimum Gasteiger partial charge on any atom is -0.494 e. The topological polar surface area (TPSA) is 12.5 Å². The Labute approximate surface area is 85.5 Å². The molecular weight excluding hydrogens is 174 g/mol. The Morgan fingerprint density at radius 1 is 1.29 bits per heavy atom. The highest BCUT2D eigenvalue weighted by atomic mass is 16.5. The average molecular weight is 191 g/mol.